The van der Waals surface area contributed by atoms with E-state index in [1.807, 2.05) is 18.2 Å². The van der Waals surface area contributed by atoms with Crippen molar-refractivity contribution < 1.29 is 4.79 Å². The molecule has 0 radical (unpaired) electrons. The molecule has 45 heavy (non-hydrogen) atoms. The van der Waals surface area contributed by atoms with Crippen LogP contribution < -0.4 is 0 Å². The van der Waals surface area contributed by atoms with Crippen LogP contribution in [0.3, 0.4) is 0 Å². The van der Waals surface area contributed by atoms with Gasteiger partial charge in [-0.05, 0) is 97.6 Å². The number of likely N-dealkylation sites (tertiary alicyclic amines) is 1. The summed E-state index contributed by atoms with van der Waals surface area (Å²) in [6.45, 7) is 11.8. The van der Waals surface area contributed by atoms with Gasteiger partial charge in [0.2, 0.25) is 5.91 Å². The molecule has 0 aromatic heterocycles. The molecule has 2 aliphatic carbocycles. The van der Waals surface area contributed by atoms with Gasteiger partial charge in [-0.2, -0.15) is 5.26 Å². The van der Waals surface area contributed by atoms with Gasteiger partial charge >= 0.3 is 0 Å². The van der Waals surface area contributed by atoms with Gasteiger partial charge in [0, 0.05) is 56.3 Å². The minimum absolute atomic E-state index is 0.0180. The Bertz CT molecular complexity index is 1470. The van der Waals surface area contributed by atoms with Gasteiger partial charge in [0.15, 0.2) is 0 Å². The molecule has 1 unspecified atom stereocenters. The second kappa shape index (κ2) is 15.4. The lowest BCUT2D eigenvalue weighted by Gasteiger charge is -2.38. The van der Waals surface area contributed by atoms with Gasteiger partial charge in [-0.1, -0.05) is 74.9 Å². The highest BCUT2D eigenvalue weighted by Gasteiger charge is 2.33. The fourth-order valence-electron chi connectivity index (χ4n) is 7.26. The number of carbonyl (C=O) groups excluding carboxylic acids is 1. The van der Waals surface area contributed by atoms with Crippen LogP contribution in [-0.4, -0.2) is 55.1 Å². The van der Waals surface area contributed by atoms with Crippen molar-refractivity contribution in [1.82, 2.24) is 9.80 Å². The minimum Gasteiger partial charge on any atom is -0.370 e. The lowest BCUT2D eigenvalue weighted by atomic mass is 9.86. The summed E-state index contributed by atoms with van der Waals surface area (Å²) in [5.41, 5.74) is 9.95. The van der Waals surface area contributed by atoms with Crippen molar-refractivity contribution in [2.45, 2.75) is 77.6 Å². The zero-order valence-electron chi connectivity index (χ0n) is 27.6. The summed E-state index contributed by atoms with van der Waals surface area (Å²) in [6.07, 6.45) is 23.0. The molecule has 1 aromatic carbocycles. The first kappa shape index (κ1) is 32.5. The van der Waals surface area contributed by atoms with Crippen molar-refractivity contribution in [2.24, 2.45) is 16.8 Å². The van der Waals surface area contributed by atoms with Crippen molar-refractivity contribution in [3.8, 4) is 6.07 Å². The summed E-state index contributed by atoms with van der Waals surface area (Å²) >= 11 is 0. The molecule has 0 spiro atoms. The van der Waals surface area contributed by atoms with Crippen molar-refractivity contribution in [3.05, 3.63) is 100 Å². The SMILES string of the molecule is C=C1CC=C(c2ccc(C3CCC=C(CCC)CC3)cc2)C=C1/C(=C\C=NC)N1CC/C=C(\C(=O)N2CC(C#N)C2)C[C@H](C)C1. The quantitative estimate of drug-likeness (QED) is 0.221. The van der Waals surface area contributed by atoms with Crippen LogP contribution in [-0.2, 0) is 4.79 Å². The van der Waals surface area contributed by atoms with Crippen LogP contribution in [0.4, 0.5) is 0 Å². The number of aliphatic imine (C=N–C) groups is 1. The van der Waals surface area contributed by atoms with E-state index in [0.717, 1.165) is 49.2 Å². The fraction of sp³-hybridized carbons (Fsp3) is 0.475. The Morgan fingerprint density at radius 2 is 1.89 bits per heavy atom. The van der Waals surface area contributed by atoms with Crippen molar-refractivity contribution in [1.29, 1.82) is 5.26 Å². The molecule has 2 atom stereocenters. The van der Waals surface area contributed by atoms with Crippen molar-refractivity contribution >= 4 is 17.7 Å². The molecule has 5 rings (SSSR count). The third-order valence-electron chi connectivity index (χ3n) is 9.81. The second-order valence-corrected chi connectivity index (χ2v) is 13.3. The highest BCUT2D eigenvalue weighted by molar-refractivity contribution is 5.94. The highest BCUT2D eigenvalue weighted by Crippen LogP contribution is 2.37. The van der Waals surface area contributed by atoms with Crippen LogP contribution in [0.5, 0.6) is 0 Å². The number of nitrogens with zero attached hydrogens (tertiary/aromatic N) is 4. The van der Waals surface area contributed by atoms with Gasteiger partial charge in [-0.15, -0.1) is 0 Å². The van der Waals surface area contributed by atoms with Crippen LogP contribution >= 0.6 is 0 Å². The standard InChI is InChI=1S/C40H50N4O/c1-5-8-31-9-6-10-33(15-13-31)34-16-18-35(19-17-34)36-14-12-30(3)38(24-36)39(20-21-42-4)43-22-7-11-37(23-29(2)26-43)40(45)44-27-32(25-41)28-44/h9,11,14,16-21,24,29,32-33H,3,5-8,10,12-13,15,22-23,26-28H2,1-2,4H3/b37-11-,39-20+,42-21?/t29-,33?/m0/s1. The van der Waals surface area contributed by atoms with E-state index in [9.17, 15) is 4.79 Å². The van der Waals surface area contributed by atoms with E-state index < -0.39 is 0 Å². The largest absolute Gasteiger partial charge is 0.370 e. The number of rotatable bonds is 8. The molecule has 236 valence electrons. The summed E-state index contributed by atoms with van der Waals surface area (Å²) in [6, 6.07) is 11.6. The highest BCUT2D eigenvalue weighted by atomic mass is 16.2. The maximum atomic E-state index is 13.1. The second-order valence-electron chi connectivity index (χ2n) is 13.3. The Morgan fingerprint density at radius 1 is 1.09 bits per heavy atom. The molecule has 2 aliphatic heterocycles. The van der Waals surface area contributed by atoms with E-state index in [1.165, 1.54) is 60.8 Å². The van der Waals surface area contributed by atoms with Gasteiger partial charge in [0.1, 0.15) is 0 Å². The number of nitriles is 1. The Labute approximate surface area is 271 Å². The van der Waals surface area contributed by atoms with Crippen molar-refractivity contribution in [3.63, 3.8) is 0 Å². The normalized spacial score (nSPS) is 24.8. The molecule has 5 nitrogen and oxygen atoms in total. The third kappa shape index (κ3) is 8.03. The van der Waals surface area contributed by atoms with E-state index in [0.29, 0.717) is 24.9 Å². The van der Waals surface area contributed by atoms with Gasteiger partial charge in [0.05, 0.1) is 12.0 Å². The third-order valence-corrected chi connectivity index (χ3v) is 9.81. The Morgan fingerprint density at radius 3 is 2.62 bits per heavy atom. The summed E-state index contributed by atoms with van der Waals surface area (Å²) in [5, 5.41) is 9.12. The van der Waals surface area contributed by atoms with E-state index in [1.54, 1.807) is 5.57 Å². The number of allylic oxidation sites excluding steroid dienone is 7. The number of hydrogen-bond acceptors (Lipinski definition) is 4. The van der Waals surface area contributed by atoms with Crippen LogP contribution in [0.15, 0.2) is 94.2 Å². The predicted octanol–water partition coefficient (Wildman–Crippen LogP) is 8.57. The van der Waals surface area contributed by atoms with E-state index in [2.05, 4.69) is 91.0 Å². The van der Waals surface area contributed by atoms with Gasteiger partial charge in [-0.25, -0.2) is 0 Å². The molecule has 1 saturated heterocycles. The molecular weight excluding hydrogens is 552 g/mol. The number of hydrogen-bond donors (Lipinski definition) is 0. The molecule has 2 heterocycles. The number of amides is 1. The summed E-state index contributed by atoms with van der Waals surface area (Å²) < 4.78 is 0. The van der Waals surface area contributed by atoms with Crippen LogP contribution in [0.25, 0.3) is 5.57 Å². The average Bonchev–Trinajstić information content (AvgIpc) is 3.25. The Hall–Kier alpha value is -3.91. The first-order chi connectivity index (χ1) is 21.9. The zero-order valence-corrected chi connectivity index (χ0v) is 27.6. The number of carbonyl (C=O) groups is 1. The Balaban J connectivity index is 1.31. The summed E-state index contributed by atoms with van der Waals surface area (Å²) in [5.74, 6) is 1.03. The van der Waals surface area contributed by atoms with Crippen molar-refractivity contribution in [2.75, 3.05) is 33.2 Å². The van der Waals surface area contributed by atoms with E-state index in [-0.39, 0.29) is 11.8 Å². The lowest BCUT2D eigenvalue weighted by Crippen LogP contribution is -2.50. The van der Waals surface area contributed by atoms with E-state index >= 15 is 0 Å². The summed E-state index contributed by atoms with van der Waals surface area (Å²) in [7, 11) is 1.81. The monoisotopic (exact) mass is 602 g/mol. The van der Waals surface area contributed by atoms with Gasteiger partial charge in [0.25, 0.3) is 0 Å². The molecule has 1 aromatic rings. The lowest BCUT2D eigenvalue weighted by molar-refractivity contribution is -0.132. The summed E-state index contributed by atoms with van der Waals surface area (Å²) in [4.78, 5) is 21.7. The van der Waals surface area contributed by atoms with E-state index in [4.69, 9.17) is 5.26 Å². The zero-order chi connectivity index (χ0) is 31.8. The molecule has 0 saturated carbocycles. The average molecular weight is 603 g/mol. The first-order valence-corrected chi connectivity index (χ1v) is 17.0. The van der Waals surface area contributed by atoms with Crippen LogP contribution in [0.1, 0.15) is 88.7 Å². The number of benzene rings is 1. The maximum absolute atomic E-state index is 13.1. The van der Waals surface area contributed by atoms with Gasteiger partial charge in [-0.3, -0.25) is 9.79 Å². The molecule has 5 heteroatoms. The first-order valence-electron chi connectivity index (χ1n) is 17.0. The topological polar surface area (TPSA) is 59.7 Å². The predicted molar refractivity (Wildman–Crippen MR) is 187 cm³/mol. The molecule has 1 amide bonds. The van der Waals surface area contributed by atoms with Crippen LogP contribution in [0.2, 0.25) is 0 Å². The Kier molecular flexibility index (Phi) is 11.1. The maximum Gasteiger partial charge on any atom is 0.249 e. The molecule has 4 aliphatic rings. The smallest absolute Gasteiger partial charge is 0.249 e. The van der Waals surface area contributed by atoms with Gasteiger partial charge < -0.3 is 9.80 Å². The molecular formula is C40H50N4O. The fourth-order valence-corrected chi connectivity index (χ4v) is 7.26. The van der Waals surface area contributed by atoms with Crippen LogP contribution in [0, 0.1) is 23.2 Å². The minimum atomic E-state index is -0.0180. The molecule has 1 fully saturated rings. The molecule has 0 N–H and O–H groups in total. The molecule has 0 bridgehead atoms.